The summed E-state index contributed by atoms with van der Waals surface area (Å²) in [6.45, 7) is 0.992. The molecule has 6 heteroatoms. The highest BCUT2D eigenvalue weighted by atomic mass is 19.3. The Labute approximate surface area is 88.5 Å². The predicted octanol–water partition coefficient (Wildman–Crippen LogP) is 1.81. The molecule has 1 aromatic rings. The number of imide groups is 1. The first-order valence-electron chi connectivity index (χ1n) is 4.38. The number of carbonyl (C=O) groups is 2. The van der Waals surface area contributed by atoms with Crippen molar-refractivity contribution in [3.05, 3.63) is 29.6 Å². The predicted molar refractivity (Wildman–Crippen MR) is 48.5 cm³/mol. The van der Waals surface area contributed by atoms with Gasteiger partial charge in [-0.15, -0.1) is 0 Å². The number of benzene rings is 1. The number of amides is 2. The fraction of sp³-hybridized carbons (Fsp3) is 0.200. The van der Waals surface area contributed by atoms with Crippen LogP contribution in [0.25, 0.3) is 0 Å². The number of hydrogen-bond donors (Lipinski definition) is 0. The number of halogens is 3. The minimum atomic E-state index is -3.84. The van der Waals surface area contributed by atoms with E-state index in [1.807, 2.05) is 0 Å². The molecule has 1 aliphatic heterocycles. The largest absolute Gasteiger partial charge is 0.352 e. The van der Waals surface area contributed by atoms with E-state index in [-0.39, 0.29) is 5.69 Å². The van der Waals surface area contributed by atoms with E-state index in [1.165, 1.54) is 0 Å². The lowest BCUT2D eigenvalue weighted by Crippen LogP contribution is -2.37. The van der Waals surface area contributed by atoms with Crippen LogP contribution in [-0.2, 0) is 15.5 Å². The third kappa shape index (κ3) is 1.22. The molecule has 0 unspecified atom stereocenters. The van der Waals surface area contributed by atoms with Crippen molar-refractivity contribution in [1.29, 1.82) is 0 Å². The Morgan fingerprint density at radius 2 is 2.00 bits per heavy atom. The van der Waals surface area contributed by atoms with Gasteiger partial charge in [0.05, 0.1) is 11.3 Å². The molecule has 1 aromatic carbocycles. The third-order valence-corrected chi connectivity index (χ3v) is 2.32. The topological polar surface area (TPSA) is 37.4 Å². The summed E-state index contributed by atoms with van der Waals surface area (Å²) < 4.78 is 39.6. The van der Waals surface area contributed by atoms with Gasteiger partial charge in [0.15, 0.2) is 0 Å². The molecule has 0 spiro atoms. The van der Waals surface area contributed by atoms with Crippen LogP contribution in [0.4, 0.5) is 18.9 Å². The molecule has 0 aromatic heterocycles. The van der Waals surface area contributed by atoms with Crippen molar-refractivity contribution in [2.45, 2.75) is 12.8 Å². The Morgan fingerprint density at radius 3 is 2.56 bits per heavy atom. The Bertz CT molecular complexity index is 499. The van der Waals surface area contributed by atoms with Gasteiger partial charge in [0.1, 0.15) is 5.82 Å². The zero-order valence-corrected chi connectivity index (χ0v) is 8.13. The lowest BCUT2D eigenvalue weighted by Gasteiger charge is -2.12. The average molecular weight is 229 g/mol. The Kier molecular flexibility index (Phi) is 2.04. The number of alkyl halides is 2. The Morgan fingerprint density at radius 1 is 1.38 bits per heavy atom. The van der Waals surface area contributed by atoms with Crippen LogP contribution in [0.5, 0.6) is 0 Å². The zero-order chi connectivity index (χ0) is 12.1. The highest BCUT2D eigenvalue weighted by Crippen LogP contribution is 2.44. The third-order valence-electron chi connectivity index (χ3n) is 2.32. The summed E-state index contributed by atoms with van der Waals surface area (Å²) in [5.74, 6) is -7.18. The first-order chi connectivity index (χ1) is 7.35. The molecule has 1 aliphatic rings. The second-order valence-corrected chi connectivity index (χ2v) is 3.40. The van der Waals surface area contributed by atoms with Crippen LogP contribution in [0, 0.1) is 5.82 Å². The molecule has 0 aliphatic carbocycles. The molecule has 2 amide bonds. The van der Waals surface area contributed by atoms with Crippen molar-refractivity contribution >= 4 is 17.5 Å². The van der Waals surface area contributed by atoms with E-state index in [2.05, 4.69) is 0 Å². The normalized spacial score (nSPS) is 17.5. The van der Waals surface area contributed by atoms with Gasteiger partial charge in [-0.1, -0.05) is 0 Å². The SMILES string of the molecule is CC(=O)N1C(=O)C(F)(F)c2cc(F)ccc21. The number of carbonyl (C=O) groups excluding carboxylic acids is 2. The Balaban J connectivity index is 2.69. The summed E-state index contributed by atoms with van der Waals surface area (Å²) in [7, 11) is 0. The van der Waals surface area contributed by atoms with Gasteiger partial charge in [0.25, 0.3) is 0 Å². The fourth-order valence-corrected chi connectivity index (χ4v) is 1.63. The van der Waals surface area contributed by atoms with Gasteiger partial charge in [-0.25, -0.2) is 9.29 Å². The van der Waals surface area contributed by atoms with Gasteiger partial charge in [0.2, 0.25) is 5.91 Å². The number of hydrogen-bond acceptors (Lipinski definition) is 2. The van der Waals surface area contributed by atoms with E-state index in [4.69, 9.17) is 0 Å². The molecule has 0 saturated heterocycles. The maximum atomic E-state index is 13.4. The quantitative estimate of drug-likeness (QED) is 0.680. The van der Waals surface area contributed by atoms with Crippen molar-refractivity contribution < 1.29 is 22.8 Å². The molecule has 0 saturated carbocycles. The van der Waals surface area contributed by atoms with Gasteiger partial charge < -0.3 is 0 Å². The summed E-state index contributed by atoms with van der Waals surface area (Å²) in [6.07, 6.45) is 0. The van der Waals surface area contributed by atoms with Gasteiger partial charge in [0, 0.05) is 6.92 Å². The second kappa shape index (κ2) is 3.07. The van der Waals surface area contributed by atoms with Crippen molar-refractivity contribution in [2.75, 3.05) is 4.90 Å². The number of anilines is 1. The molecule has 1 heterocycles. The van der Waals surface area contributed by atoms with E-state index in [9.17, 15) is 22.8 Å². The standard InChI is InChI=1S/C10H6F3NO2/c1-5(15)14-8-3-2-6(11)4-7(8)10(12,13)9(14)16/h2-4H,1H3. The smallest absolute Gasteiger partial charge is 0.274 e. The minimum Gasteiger partial charge on any atom is -0.274 e. The van der Waals surface area contributed by atoms with E-state index in [0.717, 1.165) is 19.1 Å². The molecule has 0 N–H and O–H groups in total. The van der Waals surface area contributed by atoms with E-state index < -0.39 is 29.1 Å². The van der Waals surface area contributed by atoms with Crippen molar-refractivity contribution in [3.63, 3.8) is 0 Å². The van der Waals surface area contributed by atoms with Gasteiger partial charge in [-0.2, -0.15) is 8.78 Å². The van der Waals surface area contributed by atoms with E-state index >= 15 is 0 Å². The number of fused-ring (bicyclic) bond motifs is 1. The number of nitrogens with zero attached hydrogens (tertiary/aromatic N) is 1. The van der Waals surface area contributed by atoms with E-state index in [1.54, 1.807) is 0 Å². The van der Waals surface area contributed by atoms with Crippen LogP contribution in [0.15, 0.2) is 18.2 Å². The monoisotopic (exact) mass is 229 g/mol. The van der Waals surface area contributed by atoms with Crippen LogP contribution in [0.2, 0.25) is 0 Å². The molecule has 0 radical (unpaired) electrons. The van der Waals surface area contributed by atoms with Crippen LogP contribution in [0.3, 0.4) is 0 Å². The molecular formula is C10H6F3NO2. The first-order valence-corrected chi connectivity index (χ1v) is 4.38. The van der Waals surface area contributed by atoms with Gasteiger partial charge in [-0.3, -0.25) is 9.59 Å². The van der Waals surface area contributed by atoms with Crippen LogP contribution in [-0.4, -0.2) is 11.8 Å². The summed E-state index contributed by atoms with van der Waals surface area (Å²) >= 11 is 0. The maximum Gasteiger partial charge on any atom is 0.352 e. The van der Waals surface area contributed by atoms with E-state index in [0.29, 0.717) is 11.0 Å². The minimum absolute atomic E-state index is 0.260. The molecule has 16 heavy (non-hydrogen) atoms. The van der Waals surface area contributed by atoms with Crippen LogP contribution >= 0.6 is 0 Å². The molecule has 84 valence electrons. The van der Waals surface area contributed by atoms with Crippen LogP contribution < -0.4 is 4.90 Å². The summed E-state index contributed by atoms with van der Waals surface area (Å²) in [5, 5.41) is 0. The van der Waals surface area contributed by atoms with Gasteiger partial charge >= 0.3 is 11.8 Å². The summed E-state index contributed by atoms with van der Waals surface area (Å²) in [6, 6.07) is 2.48. The molecule has 0 bridgehead atoms. The molecule has 0 atom stereocenters. The highest BCUT2D eigenvalue weighted by molar-refractivity contribution is 6.20. The number of rotatable bonds is 0. The fourth-order valence-electron chi connectivity index (χ4n) is 1.63. The average Bonchev–Trinajstić information content (AvgIpc) is 2.37. The molecular weight excluding hydrogens is 223 g/mol. The zero-order valence-electron chi connectivity index (χ0n) is 8.13. The maximum absolute atomic E-state index is 13.4. The molecule has 3 nitrogen and oxygen atoms in total. The highest BCUT2D eigenvalue weighted by Gasteiger charge is 2.54. The molecule has 0 fully saturated rings. The summed E-state index contributed by atoms with van der Waals surface area (Å²) in [4.78, 5) is 22.7. The summed E-state index contributed by atoms with van der Waals surface area (Å²) in [5.41, 5.74) is -1.03. The van der Waals surface area contributed by atoms with Crippen LogP contribution in [0.1, 0.15) is 12.5 Å². The Hall–Kier alpha value is -1.85. The van der Waals surface area contributed by atoms with Crippen molar-refractivity contribution in [2.24, 2.45) is 0 Å². The lowest BCUT2D eigenvalue weighted by atomic mass is 10.1. The molecule has 2 rings (SSSR count). The van der Waals surface area contributed by atoms with Crippen molar-refractivity contribution in [1.82, 2.24) is 0 Å². The van der Waals surface area contributed by atoms with Crippen molar-refractivity contribution in [3.8, 4) is 0 Å². The van der Waals surface area contributed by atoms with Gasteiger partial charge in [-0.05, 0) is 18.2 Å². The lowest BCUT2D eigenvalue weighted by molar-refractivity contribution is -0.143. The second-order valence-electron chi connectivity index (χ2n) is 3.40. The first kappa shape index (κ1) is 10.7.